The van der Waals surface area contributed by atoms with Gasteiger partial charge in [-0.3, -0.25) is 4.90 Å². The summed E-state index contributed by atoms with van der Waals surface area (Å²) in [5.74, 6) is 1.27. The lowest BCUT2D eigenvalue weighted by Gasteiger charge is -2.23. The van der Waals surface area contributed by atoms with Crippen LogP contribution in [0.4, 0.5) is 0 Å². The maximum atomic E-state index is 5.94. The van der Waals surface area contributed by atoms with Crippen LogP contribution in [0.5, 0.6) is 0 Å². The third kappa shape index (κ3) is 2.44. The maximum absolute atomic E-state index is 5.94. The van der Waals surface area contributed by atoms with Gasteiger partial charge in [0.25, 0.3) is 0 Å². The highest BCUT2D eigenvalue weighted by Gasteiger charge is 2.32. The van der Waals surface area contributed by atoms with Crippen molar-refractivity contribution in [1.29, 1.82) is 0 Å². The van der Waals surface area contributed by atoms with E-state index in [9.17, 15) is 0 Å². The third-order valence-electron chi connectivity index (χ3n) is 3.53. The molecule has 0 amide bonds. The number of thioether (sulfide) groups is 1. The smallest absolute Gasteiger partial charge is 0.0180 e. The predicted octanol–water partition coefficient (Wildman–Crippen LogP) is 1.69. The second kappa shape index (κ2) is 4.86. The fourth-order valence-corrected chi connectivity index (χ4v) is 3.92. The lowest BCUT2D eigenvalue weighted by molar-refractivity contribution is 0.244. The first-order valence-corrected chi connectivity index (χ1v) is 6.95. The van der Waals surface area contributed by atoms with Gasteiger partial charge in [-0.15, -0.1) is 0 Å². The number of hydrogen-bond acceptors (Lipinski definition) is 3. The average molecular weight is 214 g/mol. The normalized spacial score (nSPS) is 39.4. The van der Waals surface area contributed by atoms with E-state index in [0.29, 0.717) is 6.04 Å². The summed E-state index contributed by atoms with van der Waals surface area (Å²) in [5.41, 5.74) is 5.94. The van der Waals surface area contributed by atoms with Gasteiger partial charge in [0, 0.05) is 30.4 Å². The van der Waals surface area contributed by atoms with Gasteiger partial charge in [0.05, 0.1) is 0 Å². The molecule has 0 aromatic carbocycles. The molecule has 0 bridgehead atoms. The molecular formula is C11H22N2S. The molecule has 1 heterocycles. The monoisotopic (exact) mass is 214 g/mol. The topological polar surface area (TPSA) is 29.3 Å². The number of nitrogens with two attached hydrogens (primary N) is 1. The summed E-state index contributed by atoms with van der Waals surface area (Å²) in [6, 6.07) is 1.31. The molecule has 2 N–H and O–H groups in total. The Labute approximate surface area is 91.6 Å². The second-order valence-corrected chi connectivity index (χ2v) is 6.17. The van der Waals surface area contributed by atoms with Crippen LogP contribution in [0.15, 0.2) is 0 Å². The number of likely N-dealkylation sites (tertiary alicyclic amines) is 1. The van der Waals surface area contributed by atoms with E-state index in [0.717, 1.165) is 17.8 Å². The lowest BCUT2D eigenvalue weighted by Crippen LogP contribution is -2.34. The molecule has 2 fully saturated rings. The van der Waals surface area contributed by atoms with Gasteiger partial charge >= 0.3 is 0 Å². The molecule has 0 aromatic rings. The zero-order chi connectivity index (χ0) is 9.97. The molecule has 1 saturated carbocycles. The molecule has 0 spiro atoms. The fraction of sp³-hybridized carbons (Fsp3) is 1.00. The van der Waals surface area contributed by atoms with Crippen LogP contribution < -0.4 is 5.73 Å². The minimum atomic E-state index is 0.452. The Bertz CT molecular complexity index is 186. The molecule has 0 aromatic heterocycles. The average Bonchev–Trinajstić information content (AvgIpc) is 2.74. The quantitative estimate of drug-likeness (QED) is 0.775. The zero-order valence-corrected chi connectivity index (χ0v) is 9.93. The van der Waals surface area contributed by atoms with Crippen LogP contribution in [0.2, 0.25) is 0 Å². The Kier molecular flexibility index (Phi) is 3.74. The summed E-state index contributed by atoms with van der Waals surface area (Å²) < 4.78 is 0. The first kappa shape index (κ1) is 10.8. The molecule has 2 nitrogen and oxygen atoms in total. The van der Waals surface area contributed by atoms with E-state index < -0.39 is 0 Å². The summed E-state index contributed by atoms with van der Waals surface area (Å²) in [6.45, 7) is 4.66. The molecule has 3 heteroatoms. The summed E-state index contributed by atoms with van der Waals surface area (Å²) in [4.78, 5) is 2.63. The Balaban J connectivity index is 1.78. The largest absolute Gasteiger partial charge is 0.326 e. The van der Waals surface area contributed by atoms with Crippen molar-refractivity contribution in [2.24, 2.45) is 5.73 Å². The number of nitrogens with zero attached hydrogens (tertiary/aromatic N) is 1. The van der Waals surface area contributed by atoms with E-state index in [1.165, 1.54) is 38.0 Å². The van der Waals surface area contributed by atoms with Gasteiger partial charge in [0.2, 0.25) is 0 Å². The van der Waals surface area contributed by atoms with Crippen molar-refractivity contribution >= 4 is 11.8 Å². The zero-order valence-electron chi connectivity index (χ0n) is 9.11. The Morgan fingerprint density at radius 3 is 2.86 bits per heavy atom. The molecule has 3 unspecified atom stereocenters. The van der Waals surface area contributed by atoms with Crippen molar-refractivity contribution in [2.45, 2.75) is 49.9 Å². The van der Waals surface area contributed by atoms with E-state index in [1.54, 1.807) is 0 Å². The highest BCUT2D eigenvalue weighted by molar-refractivity contribution is 7.99. The van der Waals surface area contributed by atoms with Crippen molar-refractivity contribution in [1.82, 2.24) is 4.90 Å². The summed E-state index contributed by atoms with van der Waals surface area (Å²) in [6.07, 6.45) is 5.45. The molecule has 82 valence electrons. The van der Waals surface area contributed by atoms with Crippen LogP contribution in [0.1, 0.15) is 32.6 Å². The lowest BCUT2D eigenvalue weighted by atomic mass is 10.2. The van der Waals surface area contributed by atoms with Gasteiger partial charge in [-0.25, -0.2) is 0 Å². The SMILES string of the molecule is CCSC1CCC(N2CCC(N)C2)C1. The van der Waals surface area contributed by atoms with Crippen LogP contribution >= 0.6 is 11.8 Å². The Hall–Kier alpha value is 0.270. The van der Waals surface area contributed by atoms with Gasteiger partial charge in [-0.2, -0.15) is 11.8 Å². The maximum Gasteiger partial charge on any atom is 0.0180 e. The first-order chi connectivity index (χ1) is 6.79. The van der Waals surface area contributed by atoms with E-state index in [-0.39, 0.29) is 0 Å². The fourth-order valence-electron chi connectivity index (χ4n) is 2.78. The summed E-state index contributed by atoms with van der Waals surface area (Å²) in [5, 5.41) is 0.932. The second-order valence-electron chi connectivity index (χ2n) is 4.59. The van der Waals surface area contributed by atoms with Gasteiger partial charge < -0.3 is 5.73 Å². The number of hydrogen-bond donors (Lipinski definition) is 1. The molecule has 14 heavy (non-hydrogen) atoms. The van der Waals surface area contributed by atoms with Crippen LogP contribution in [0, 0.1) is 0 Å². The summed E-state index contributed by atoms with van der Waals surface area (Å²) in [7, 11) is 0. The van der Waals surface area contributed by atoms with Crippen molar-refractivity contribution in [3.8, 4) is 0 Å². The van der Waals surface area contributed by atoms with E-state index in [1.807, 2.05) is 0 Å². The Morgan fingerprint density at radius 1 is 1.36 bits per heavy atom. The van der Waals surface area contributed by atoms with E-state index in [2.05, 4.69) is 23.6 Å². The van der Waals surface area contributed by atoms with Crippen molar-refractivity contribution < 1.29 is 0 Å². The third-order valence-corrected chi connectivity index (χ3v) is 4.76. The molecular weight excluding hydrogens is 192 g/mol. The van der Waals surface area contributed by atoms with Crippen molar-refractivity contribution in [3.05, 3.63) is 0 Å². The Morgan fingerprint density at radius 2 is 2.21 bits per heavy atom. The van der Waals surface area contributed by atoms with Gasteiger partial charge in [0.15, 0.2) is 0 Å². The highest BCUT2D eigenvalue weighted by Crippen LogP contribution is 2.33. The van der Waals surface area contributed by atoms with Crippen LogP contribution in [0.3, 0.4) is 0 Å². The minimum absolute atomic E-state index is 0.452. The number of rotatable bonds is 3. The molecule has 0 radical (unpaired) electrons. The highest BCUT2D eigenvalue weighted by atomic mass is 32.2. The van der Waals surface area contributed by atoms with Gasteiger partial charge in [-0.1, -0.05) is 6.92 Å². The van der Waals surface area contributed by atoms with E-state index >= 15 is 0 Å². The van der Waals surface area contributed by atoms with Crippen LogP contribution in [0.25, 0.3) is 0 Å². The van der Waals surface area contributed by atoms with Crippen molar-refractivity contribution in [2.75, 3.05) is 18.8 Å². The predicted molar refractivity (Wildman–Crippen MR) is 63.7 cm³/mol. The minimum Gasteiger partial charge on any atom is -0.326 e. The van der Waals surface area contributed by atoms with Crippen LogP contribution in [-0.2, 0) is 0 Å². The molecule has 3 atom stereocenters. The molecule has 1 aliphatic carbocycles. The van der Waals surface area contributed by atoms with Gasteiger partial charge in [0.1, 0.15) is 0 Å². The molecule has 2 rings (SSSR count). The first-order valence-electron chi connectivity index (χ1n) is 5.90. The molecule has 1 saturated heterocycles. The van der Waals surface area contributed by atoms with Crippen LogP contribution in [-0.4, -0.2) is 41.1 Å². The van der Waals surface area contributed by atoms with Gasteiger partial charge in [-0.05, 0) is 31.4 Å². The van der Waals surface area contributed by atoms with E-state index in [4.69, 9.17) is 5.73 Å². The summed E-state index contributed by atoms with van der Waals surface area (Å²) >= 11 is 2.14. The standard InChI is InChI=1S/C11H22N2S/c1-2-14-11-4-3-10(7-11)13-6-5-9(12)8-13/h9-11H,2-8,12H2,1H3. The molecule has 2 aliphatic rings. The van der Waals surface area contributed by atoms with Crippen molar-refractivity contribution in [3.63, 3.8) is 0 Å². The molecule has 1 aliphatic heterocycles.